The van der Waals surface area contributed by atoms with Crippen molar-refractivity contribution in [3.05, 3.63) is 59.2 Å². The van der Waals surface area contributed by atoms with Crippen LogP contribution in [0, 0.1) is 23.2 Å². The first-order valence-corrected chi connectivity index (χ1v) is 12.9. The molecule has 0 spiro atoms. The van der Waals surface area contributed by atoms with E-state index in [9.17, 15) is 20.0 Å². The first-order chi connectivity index (χ1) is 18.8. The van der Waals surface area contributed by atoms with Crippen LogP contribution in [0.3, 0.4) is 0 Å². The number of hydrogen-bond acceptors (Lipinski definition) is 9. The maximum atomic E-state index is 14.0. The number of hydrogen-bond donors (Lipinski definition) is 1. The molecule has 2 bridgehead atoms. The number of aliphatic hydroxyl groups excluding tert-OH is 1. The maximum Gasteiger partial charge on any atom is 0.262 e. The van der Waals surface area contributed by atoms with E-state index in [-0.39, 0.29) is 25.3 Å². The Morgan fingerprint density at radius 2 is 2.03 bits per heavy atom. The van der Waals surface area contributed by atoms with Crippen molar-refractivity contribution < 1.29 is 28.7 Å². The van der Waals surface area contributed by atoms with E-state index in [4.69, 9.17) is 25.6 Å². The normalized spacial score (nSPS) is 29.4. The van der Waals surface area contributed by atoms with Gasteiger partial charge in [-0.2, -0.15) is 5.26 Å². The Hall–Kier alpha value is -4.04. The number of ether oxygens (including phenoxy) is 2. The average molecular weight is 545 g/mol. The van der Waals surface area contributed by atoms with E-state index in [0.717, 1.165) is 0 Å². The van der Waals surface area contributed by atoms with E-state index in [1.54, 1.807) is 55.6 Å². The molecule has 39 heavy (non-hydrogen) atoms. The zero-order valence-corrected chi connectivity index (χ0v) is 21.4. The smallest absolute Gasteiger partial charge is 0.262 e. The summed E-state index contributed by atoms with van der Waals surface area (Å²) in [6.45, 7) is 1.79. The van der Waals surface area contributed by atoms with Gasteiger partial charge in [0.25, 0.3) is 5.88 Å². The van der Waals surface area contributed by atoms with Crippen LogP contribution in [0.5, 0.6) is 5.88 Å². The van der Waals surface area contributed by atoms with Crippen molar-refractivity contribution in [3.8, 4) is 11.9 Å². The monoisotopic (exact) mass is 544 g/mol. The van der Waals surface area contributed by atoms with E-state index < -0.39 is 41.0 Å². The van der Waals surface area contributed by atoms with Crippen LogP contribution in [-0.2, 0) is 14.3 Å². The number of aromatic nitrogens is 2. The first-order valence-electron chi connectivity index (χ1n) is 12.5. The van der Waals surface area contributed by atoms with Gasteiger partial charge in [-0.3, -0.25) is 14.6 Å². The summed E-state index contributed by atoms with van der Waals surface area (Å²) in [5.74, 6) is -2.28. The molecule has 11 heteroatoms. The number of rotatable bonds is 5. The van der Waals surface area contributed by atoms with E-state index in [1.165, 1.54) is 4.90 Å². The van der Waals surface area contributed by atoms with Gasteiger partial charge in [0.1, 0.15) is 11.7 Å². The molecule has 3 aliphatic rings. The summed E-state index contributed by atoms with van der Waals surface area (Å²) in [4.78, 5) is 33.4. The molecule has 2 aromatic heterocycles. The number of nitriles is 1. The molecule has 3 fully saturated rings. The molecular weight excluding hydrogens is 524 g/mol. The van der Waals surface area contributed by atoms with Crippen LogP contribution in [0.2, 0.25) is 5.02 Å². The predicted octanol–water partition coefficient (Wildman–Crippen LogP) is 3.77. The van der Waals surface area contributed by atoms with Crippen molar-refractivity contribution in [2.45, 2.75) is 37.1 Å². The molecule has 1 N–H and O–H groups in total. The van der Waals surface area contributed by atoms with Gasteiger partial charge in [-0.25, -0.2) is 4.90 Å². The largest absolute Gasteiger partial charge is 0.475 e. The second-order valence-corrected chi connectivity index (χ2v) is 10.8. The van der Waals surface area contributed by atoms with Crippen LogP contribution in [0.25, 0.3) is 21.9 Å². The molecular formula is C28H21ClN4O6. The highest BCUT2D eigenvalue weighted by Crippen LogP contribution is 2.62. The third-order valence-corrected chi connectivity index (χ3v) is 8.62. The summed E-state index contributed by atoms with van der Waals surface area (Å²) in [5, 5.41) is 26.1. The second-order valence-electron chi connectivity index (χ2n) is 10.4. The fraction of sp³-hybridized carbons (Fsp3) is 0.321. The van der Waals surface area contributed by atoms with Crippen molar-refractivity contribution in [3.63, 3.8) is 0 Å². The Kier molecular flexibility index (Phi) is 5.07. The molecule has 0 radical (unpaired) electrons. The number of fused-ring (bicyclic) bond motifs is 7. The van der Waals surface area contributed by atoms with E-state index in [1.807, 2.05) is 0 Å². The maximum absolute atomic E-state index is 14.0. The zero-order valence-electron chi connectivity index (χ0n) is 20.6. The summed E-state index contributed by atoms with van der Waals surface area (Å²) in [6.07, 6.45) is 1.03. The van der Waals surface area contributed by atoms with Crippen molar-refractivity contribution >= 4 is 51.0 Å². The van der Waals surface area contributed by atoms with Crippen molar-refractivity contribution in [2.75, 3.05) is 11.5 Å². The van der Waals surface area contributed by atoms with Crippen LogP contribution in [0.4, 0.5) is 5.69 Å². The number of anilines is 1. The third-order valence-electron chi connectivity index (χ3n) is 8.39. The number of pyridine rings is 1. The molecule has 5 atom stereocenters. The predicted molar refractivity (Wildman–Crippen MR) is 138 cm³/mol. The topological polar surface area (TPSA) is 139 Å². The molecule has 5 unspecified atom stereocenters. The average Bonchev–Trinajstić information content (AvgIpc) is 3.60. The minimum absolute atomic E-state index is 0.103. The SMILES string of the molecule is CC12OC(CCOc3noc4ccc(Cl)cc34)(CC1O)C1C(=O)N(c3ccc(C#N)c4ncccc34)C(=O)C12. The van der Waals surface area contributed by atoms with E-state index >= 15 is 0 Å². The number of nitrogens with zero attached hydrogens (tertiary/aromatic N) is 4. The highest BCUT2D eigenvalue weighted by Gasteiger charge is 2.77. The lowest BCUT2D eigenvalue weighted by atomic mass is 9.66. The zero-order chi connectivity index (χ0) is 27.1. The van der Waals surface area contributed by atoms with Crippen LogP contribution in [0.1, 0.15) is 25.3 Å². The molecule has 7 rings (SSSR count). The molecule has 196 valence electrons. The molecule has 3 saturated heterocycles. The summed E-state index contributed by atoms with van der Waals surface area (Å²) in [5.41, 5.74) is -0.723. The minimum Gasteiger partial charge on any atom is -0.475 e. The number of benzene rings is 2. The molecule has 0 aliphatic carbocycles. The van der Waals surface area contributed by atoms with Gasteiger partial charge in [0.15, 0.2) is 5.58 Å². The molecule has 5 heterocycles. The summed E-state index contributed by atoms with van der Waals surface area (Å²) in [7, 11) is 0. The van der Waals surface area contributed by atoms with Crippen molar-refractivity contribution in [1.29, 1.82) is 5.26 Å². The van der Waals surface area contributed by atoms with Gasteiger partial charge >= 0.3 is 0 Å². The highest BCUT2D eigenvalue weighted by molar-refractivity contribution is 6.31. The van der Waals surface area contributed by atoms with Crippen molar-refractivity contribution in [2.24, 2.45) is 11.8 Å². The number of amides is 2. The van der Waals surface area contributed by atoms with E-state index in [2.05, 4.69) is 16.2 Å². The van der Waals surface area contributed by atoms with Gasteiger partial charge < -0.3 is 19.1 Å². The third kappa shape index (κ3) is 3.21. The van der Waals surface area contributed by atoms with Crippen LogP contribution >= 0.6 is 11.6 Å². The van der Waals surface area contributed by atoms with Gasteiger partial charge in [0.05, 0.1) is 52.3 Å². The fourth-order valence-corrected chi connectivity index (χ4v) is 6.79. The van der Waals surface area contributed by atoms with E-state index in [0.29, 0.717) is 38.1 Å². The molecule has 4 aromatic rings. The lowest BCUT2D eigenvalue weighted by Gasteiger charge is -2.33. The Labute approximate surface area is 226 Å². The first kappa shape index (κ1) is 24.0. The second kappa shape index (κ2) is 8.23. The molecule has 2 aromatic carbocycles. The number of aliphatic hydroxyl groups is 1. The number of halogens is 1. The Morgan fingerprint density at radius 1 is 1.21 bits per heavy atom. The molecule has 3 aliphatic heterocycles. The fourth-order valence-electron chi connectivity index (χ4n) is 6.62. The Bertz CT molecular complexity index is 1750. The van der Waals surface area contributed by atoms with Crippen molar-refractivity contribution in [1.82, 2.24) is 10.1 Å². The molecule has 2 amide bonds. The Balaban J connectivity index is 1.23. The highest BCUT2D eigenvalue weighted by atomic mass is 35.5. The van der Waals surface area contributed by atoms with Crippen LogP contribution in [0.15, 0.2) is 53.2 Å². The molecule has 0 saturated carbocycles. The standard InChI is InChI=1S/C28H21ClN4O6/c1-27-20(34)12-28(39-27,8-10-37-24-17-11-15(29)5-7-19(17)38-32-24)22-21(27)25(35)33(26(22)36)18-6-4-14(13-30)23-16(18)3-2-9-31-23/h2-7,9,11,20-22,34H,8,10,12H2,1H3. The summed E-state index contributed by atoms with van der Waals surface area (Å²) >= 11 is 6.11. The van der Waals surface area contributed by atoms with Gasteiger partial charge in [0, 0.05) is 29.4 Å². The lowest BCUT2D eigenvalue weighted by Crippen LogP contribution is -2.49. The van der Waals surface area contributed by atoms with Crippen LogP contribution < -0.4 is 9.64 Å². The van der Waals surface area contributed by atoms with Gasteiger partial charge in [-0.15, -0.1) is 0 Å². The van der Waals surface area contributed by atoms with Gasteiger partial charge in [-0.1, -0.05) is 11.6 Å². The lowest BCUT2D eigenvalue weighted by molar-refractivity contribution is -0.134. The summed E-state index contributed by atoms with van der Waals surface area (Å²) in [6, 6.07) is 13.7. The summed E-state index contributed by atoms with van der Waals surface area (Å²) < 4.78 is 17.6. The quantitative estimate of drug-likeness (QED) is 0.372. The number of imide groups is 1. The van der Waals surface area contributed by atoms with Gasteiger partial charge in [0.2, 0.25) is 11.8 Å². The van der Waals surface area contributed by atoms with Gasteiger partial charge in [-0.05, 0) is 54.5 Å². The minimum atomic E-state index is -1.24. The number of carbonyl (C=O) groups excluding carboxylic acids is 2. The number of carbonyl (C=O) groups is 2. The Morgan fingerprint density at radius 3 is 2.85 bits per heavy atom. The molecule has 10 nitrogen and oxygen atoms in total. The van der Waals surface area contributed by atoms with Crippen LogP contribution in [-0.4, -0.2) is 51.0 Å².